The highest BCUT2D eigenvalue weighted by Crippen LogP contribution is 2.02. The Hall–Kier alpha value is -1.34. The van der Waals surface area contributed by atoms with Crippen molar-refractivity contribution in [3.05, 3.63) is 0 Å². The summed E-state index contributed by atoms with van der Waals surface area (Å²) in [5.74, 6) is 0.113. The van der Waals surface area contributed by atoms with Crippen molar-refractivity contribution < 1.29 is 14.7 Å². The molecule has 1 fully saturated rings. The Morgan fingerprint density at radius 3 is 2.67 bits per heavy atom. The van der Waals surface area contributed by atoms with Gasteiger partial charge in [0.15, 0.2) is 5.84 Å². The van der Waals surface area contributed by atoms with E-state index in [9.17, 15) is 4.79 Å². The molecule has 7 nitrogen and oxygen atoms in total. The molecule has 0 aromatic carbocycles. The van der Waals surface area contributed by atoms with Gasteiger partial charge in [0.05, 0.1) is 25.3 Å². The second-order valence-electron chi connectivity index (χ2n) is 4.31. The molecule has 0 radical (unpaired) electrons. The van der Waals surface area contributed by atoms with E-state index in [0.29, 0.717) is 32.7 Å². The van der Waals surface area contributed by atoms with Gasteiger partial charge in [0.1, 0.15) is 0 Å². The van der Waals surface area contributed by atoms with E-state index in [-0.39, 0.29) is 23.8 Å². The van der Waals surface area contributed by atoms with E-state index in [0.717, 1.165) is 0 Å². The smallest absolute Gasteiger partial charge is 0.239 e. The van der Waals surface area contributed by atoms with Gasteiger partial charge in [-0.3, -0.25) is 10.1 Å². The van der Waals surface area contributed by atoms with Gasteiger partial charge in [-0.05, 0) is 13.3 Å². The standard InChI is InChI=1S/C11H22N4O3/c1-3-9(10(12)14-17)13-8(2)11(16)15-4-6-18-7-5-15/h8-9,13,17H,3-7H2,1-2H3,(H2,12,14). The van der Waals surface area contributed by atoms with Crippen LogP contribution in [0.5, 0.6) is 0 Å². The van der Waals surface area contributed by atoms with Gasteiger partial charge in [0.2, 0.25) is 5.91 Å². The lowest BCUT2D eigenvalue weighted by Gasteiger charge is -2.30. The van der Waals surface area contributed by atoms with Crippen LogP contribution in [-0.4, -0.2) is 60.2 Å². The Kier molecular flexibility index (Phi) is 5.87. The topological polar surface area (TPSA) is 100 Å². The zero-order valence-electron chi connectivity index (χ0n) is 10.9. The largest absolute Gasteiger partial charge is 0.409 e. The minimum Gasteiger partial charge on any atom is -0.409 e. The first kappa shape index (κ1) is 14.7. The number of carbonyl (C=O) groups is 1. The number of carbonyl (C=O) groups excluding carboxylic acids is 1. The van der Waals surface area contributed by atoms with Crippen LogP contribution in [0, 0.1) is 0 Å². The number of amidine groups is 1. The minimum atomic E-state index is -0.367. The van der Waals surface area contributed by atoms with E-state index in [1.165, 1.54) is 0 Å². The van der Waals surface area contributed by atoms with Crippen molar-refractivity contribution in [3.63, 3.8) is 0 Å². The first-order valence-corrected chi connectivity index (χ1v) is 6.20. The Balaban J connectivity index is 2.52. The quantitative estimate of drug-likeness (QED) is 0.263. The lowest BCUT2D eigenvalue weighted by atomic mass is 10.1. The number of hydrogen-bond donors (Lipinski definition) is 3. The molecule has 0 saturated carbocycles. The van der Waals surface area contributed by atoms with E-state index < -0.39 is 0 Å². The third kappa shape index (κ3) is 3.85. The molecule has 7 heteroatoms. The Labute approximate surface area is 107 Å². The average molecular weight is 258 g/mol. The van der Waals surface area contributed by atoms with Crippen LogP contribution in [0.25, 0.3) is 0 Å². The molecule has 1 rings (SSSR count). The molecule has 1 aliphatic rings. The molecule has 2 atom stereocenters. The maximum atomic E-state index is 12.1. The van der Waals surface area contributed by atoms with Crippen LogP contribution in [0.2, 0.25) is 0 Å². The maximum Gasteiger partial charge on any atom is 0.239 e. The van der Waals surface area contributed by atoms with Gasteiger partial charge >= 0.3 is 0 Å². The van der Waals surface area contributed by atoms with Crippen molar-refractivity contribution in [1.82, 2.24) is 10.2 Å². The number of oxime groups is 1. The van der Waals surface area contributed by atoms with Gasteiger partial charge in [-0.1, -0.05) is 12.1 Å². The molecule has 2 unspecified atom stereocenters. The molecule has 1 heterocycles. The summed E-state index contributed by atoms with van der Waals surface area (Å²) >= 11 is 0. The van der Waals surface area contributed by atoms with Crippen molar-refractivity contribution in [1.29, 1.82) is 0 Å². The number of amides is 1. The molecule has 1 amide bonds. The molecule has 0 aromatic heterocycles. The zero-order valence-corrected chi connectivity index (χ0v) is 10.9. The first-order chi connectivity index (χ1) is 8.60. The number of morpholine rings is 1. The monoisotopic (exact) mass is 258 g/mol. The van der Waals surface area contributed by atoms with Crippen LogP contribution >= 0.6 is 0 Å². The maximum absolute atomic E-state index is 12.1. The van der Waals surface area contributed by atoms with Gasteiger partial charge in [-0.25, -0.2) is 0 Å². The summed E-state index contributed by atoms with van der Waals surface area (Å²) in [7, 11) is 0. The minimum absolute atomic E-state index is 0.0162. The zero-order chi connectivity index (χ0) is 13.5. The predicted molar refractivity (Wildman–Crippen MR) is 67.5 cm³/mol. The molecule has 1 aliphatic heterocycles. The summed E-state index contributed by atoms with van der Waals surface area (Å²) in [5.41, 5.74) is 5.55. The highest BCUT2D eigenvalue weighted by Gasteiger charge is 2.25. The molecule has 1 saturated heterocycles. The summed E-state index contributed by atoms with van der Waals surface area (Å²) in [6.07, 6.45) is 0.649. The van der Waals surface area contributed by atoms with Crippen molar-refractivity contribution in [3.8, 4) is 0 Å². The van der Waals surface area contributed by atoms with E-state index in [1.54, 1.807) is 11.8 Å². The third-order valence-electron chi connectivity index (χ3n) is 3.03. The summed E-state index contributed by atoms with van der Waals surface area (Å²) in [5, 5.41) is 14.7. The Morgan fingerprint density at radius 2 is 2.17 bits per heavy atom. The van der Waals surface area contributed by atoms with E-state index in [2.05, 4.69) is 10.5 Å². The van der Waals surface area contributed by atoms with Gasteiger partial charge in [-0.2, -0.15) is 0 Å². The molecule has 4 N–H and O–H groups in total. The second-order valence-corrected chi connectivity index (χ2v) is 4.31. The van der Waals surface area contributed by atoms with E-state index >= 15 is 0 Å². The third-order valence-corrected chi connectivity index (χ3v) is 3.03. The molecule has 0 aromatic rings. The summed E-state index contributed by atoms with van der Waals surface area (Å²) < 4.78 is 5.20. The molecule has 104 valence electrons. The fourth-order valence-corrected chi connectivity index (χ4v) is 1.91. The summed E-state index contributed by atoms with van der Waals surface area (Å²) in [6.45, 7) is 6.08. The predicted octanol–water partition coefficient (Wildman–Crippen LogP) is -0.652. The number of nitrogens with one attached hydrogen (secondary N) is 1. The van der Waals surface area contributed by atoms with E-state index in [1.807, 2.05) is 6.92 Å². The van der Waals surface area contributed by atoms with E-state index in [4.69, 9.17) is 15.7 Å². The molecular formula is C11H22N4O3. The first-order valence-electron chi connectivity index (χ1n) is 6.20. The number of nitrogens with zero attached hydrogens (tertiary/aromatic N) is 2. The van der Waals surface area contributed by atoms with Crippen molar-refractivity contribution in [2.75, 3.05) is 26.3 Å². The fraction of sp³-hybridized carbons (Fsp3) is 0.818. The highest BCUT2D eigenvalue weighted by atomic mass is 16.5. The van der Waals surface area contributed by atoms with Crippen LogP contribution in [0.15, 0.2) is 5.16 Å². The van der Waals surface area contributed by atoms with Gasteiger partial charge < -0.3 is 20.6 Å². The van der Waals surface area contributed by atoms with Crippen LogP contribution < -0.4 is 11.1 Å². The Morgan fingerprint density at radius 1 is 1.56 bits per heavy atom. The molecule has 0 spiro atoms. The van der Waals surface area contributed by atoms with Crippen molar-refractivity contribution in [2.24, 2.45) is 10.9 Å². The molecular weight excluding hydrogens is 236 g/mol. The number of nitrogens with two attached hydrogens (primary N) is 1. The van der Waals surface area contributed by atoms with Gasteiger partial charge in [0.25, 0.3) is 0 Å². The van der Waals surface area contributed by atoms with Crippen molar-refractivity contribution in [2.45, 2.75) is 32.4 Å². The van der Waals surface area contributed by atoms with Gasteiger partial charge in [-0.15, -0.1) is 0 Å². The van der Waals surface area contributed by atoms with Crippen LogP contribution in [-0.2, 0) is 9.53 Å². The van der Waals surface area contributed by atoms with Gasteiger partial charge in [0, 0.05) is 13.1 Å². The Bertz CT molecular complexity index is 303. The summed E-state index contributed by atoms with van der Waals surface area (Å²) in [4.78, 5) is 13.9. The lowest BCUT2D eigenvalue weighted by molar-refractivity contribution is -0.137. The van der Waals surface area contributed by atoms with Crippen molar-refractivity contribution >= 4 is 11.7 Å². The molecule has 0 bridgehead atoms. The second kappa shape index (κ2) is 7.17. The molecule has 0 aliphatic carbocycles. The number of ether oxygens (including phenoxy) is 1. The normalized spacial score (nSPS) is 20.6. The van der Waals surface area contributed by atoms with Crippen LogP contribution in [0.3, 0.4) is 0 Å². The summed E-state index contributed by atoms with van der Waals surface area (Å²) in [6, 6.07) is -0.664. The SMILES string of the molecule is CCC(NC(C)C(=O)N1CCOCC1)C(N)=NO. The highest BCUT2D eigenvalue weighted by molar-refractivity contribution is 5.87. The van der Waals surface area contributed by atoms with Crippen LogP contribution in [0.1, 0.15) is 20.3 Å². The average Bonchev–Trinajstić information content (AvgIpc) is 2.43. The number of rotatable bonds is 5. The fourth-order valence-electron chi connectivity index (χ4n) is 1.91. The molecule has 18 heavy (non-hydrogen) atoms. The lowest BCUT2D eigenvalue weighted by Crippen LogP contribution is -2.54. The number of hydrogen-bond acceptors (Lipinski definition) is 5. The van der Waals surface area contributed by atoms with Crippen LogP contribution in [0.4, 0.5) is 0 Å².